The number of rotatable bonds is 4. The summed E-state index contributed by atoms with van der Waals surface area (Å²) >= 11 is 0. The largest absolute Gasteiger partial charge is 0.474 e. The lowest BCUT2D eigenvalue weighted by Crippen LogP contribution is -2.48. The van der Waals surface area contributed by atoms with Crippen LogP contribution in [-0.4, -0.2) is 59.1 Å². The van der Waals surface area contributed by atoms with Crippen LogP contribution in [0.15, 0.2) is 12.1 Å². The highest BCUT2D eigenvalue weighted by Gasteiger charge is 2.40. The standard InChI is InChI=1S/C19H27F3N2O3/c1-17(2,3)24-6-4-15(5-7-24)27-16-9-13(18(25)11-26-12-18)8-14(23-16)10-19(20,21)22/h8-9,15,25H,4-7,10-12H2,1-3H3. The number of hydrogen-bond acceptors (Lipinski definition) is 5. The number of alkyl halides is 3. The van der Waals surface area contributed by atoms with E-state index < -0.39 is 18.2 Å². The van der Waals surface area contributed by atoms with Gasteiger partial charge in [0, 0.05) is 24.7 Å². The Balaban J connectivity index is 1.74. The van der Waals surface area contributed by atoms with Crippen molar-refractivity contribution < 1.29 is 27.8 Å². The van der Waals surface area contributed by atoms with Crippen molar-refractivity contribution in [2.75, 3.05) is 26.3 Å². The van der Waals surface area contributed by atoms with Crippen LogP contribution < -0.4 is 4.74 Å². The molecular formula is C19H27F3N2O3. The number of aliphatic hydroxyl groups is 1. The molecule has 0 radical (unpaired) electrons. The SMILES string of the molecule is CC(C)(C)N1CCC(Oc2cc(C3(O)COC3)cc(CC(F)(F)F)n2)CC1. The van der Waals surface area contributed by atoms with Crippen LogP contribution in [0.3, 0.4) is 0 Å². The minimum Gasteiger partial charge on any atom is -0.474 e. The van der Waals surface area contributed by atoms with Gasteiger partial charge in [0.15, 0.2) is 0 Å². The zero-order valence-electron chi connectivity index (χ0n) is 16.0. The molecule has 1 aromatic rings. The molecule has 0 unspecified atom stereocenters. The van der Waals surface area contributed by atoms with Gasteiger partial charge in [0.05, 0.1) is 25.3 Å². The van der Waals surface area contributed by atoms with Gasteiger partial charge in [0.2, 0.25) is 5.88 Å². The minimum atomic E-state index is -4.38. The Labute approximate surface area is 157 Å². The summed E-state index contributed by atoms with van der Waals surface area (Å²) in [5, 5.41) is 10.5. The summed E-state index contributed by atoms with van der Waals surface area (Å²) in [4.78, 5) is 6.41. The molecule has 0 aliphatic carbocycles. The average molecular weight is 388 g/mol. The van der Waals surface area contributed by atoms with Crippen LogP contribution in [0.1, 0.15) is 44.9 Å². The molecule has 5 nitrogen and oxygen atoms in total. The Hall–Kier alpha value is -1.38. The molecule has 3 heterocycles. The highest BCUT2D eigenvalue weighted by molar-refractivity contribution is 5.32. The fourth-order valence-corrected chi connectivity index (χ4v) is 3.46. The molecule has 0 bridgehead atoms. The van der Waals surface area contributed by atoms with Crippen molar-refractivity contribution in [2.45, 2.75) is 63.5 Å². The molecule has 1 N–H and O–H groups in total. The summed E-state index contributed by atoms with van der Waals surface area (Å²) in [6.45, 7) is 8.32. The molecule has 0 spiro atoms. The normalized spacial score (nSPS) is 21.7. The smallest absolute Gasteiger partial charge is 0.394 e. The van der Waals surface area contributed by atoms with Gasteiger partial charge in [-0.1, -0.05) is 0 Å². The molecule has 27 heavy (non-hydrogen) atoms. The van der Waals surface area contributed by atoms with Crippen LogP contribution in [0.5, 0.6) is 5.88 Å². The lowest BCUT2D eigenvalue weighted by Gasteiger charge is -2.40. The van der Waals surface area contributed by atoms with Gasteiger partial charge >= 0.3 is 6.18 Å². The first kappa shape index (κ1) is 20.4. The van der Waals surface area contributed by atoms with E-state index in [2.05, 4.69) is 30.7 Å². The lowest BCUT2D eigenvalue weighted by molar-refractivity contribution is -0.184. The second-order valence-electron chi connectivity index (χ2n) is 8.48. The van der Waals surface area contributed by atoms with E-state index in [4.69, 9.17) is 9.47 Å². The van der Waals surface area contributed by atoms with Crippen molar-refractivity contribution in [3.8, 4) is 5.88 Å². The highest BCUT2D eigenvalue weighted by Crippen LogP contribution is 2.33. The zero-order chi connectivity index (χ0) is 19.9. The predicted molar refractivity (Wildman–Crippen MR) is 93.7 cm³/mol. The van der Waals surface area contributed by atoms with Crippen molar-refractivity contribution in [1.82, 2.24) is 9.88 Å². The molecule has 3 rings (SSSR count). The van der Waals surface area contributed by atoms with Gasteiger partial charge in [-0.25, -0.2) is 4.98 Å². The average Bonchev–Trinajstić information content (AvgIpc) is 2.50. The third-order valence-corrected chi connectivity index (χ3v) is 5.13. The molecule has 2 aliphatic rings. The van der Waals surface area contributed by atoms with E-state index in [0.29, 0.717) is 5.56 Å². The Morgan fingerprint density at radius 1 is 1.22 bits per heavy atom. The van der Waals surface area contributed by atoms with E-state index >= 15 is 0 Å². The lowest BCUT2D eigenvalue weighted by atomic mass is 9.92. The van der Waals surface area contributed by atoms with Crippen LogP contribution in [0, 0.1) is 0 Å². The number of aromatic nitrogens is 1. The zero-order valence-corrected chi connectivity index (χ0v) is 16.0. The number of ether oxygens (including phenoxy) is 2. The summed E-state index contributed by atoms with van der Waals surface area (Å²) in [6.07, 6.45) is -4.07. The maximum absolute atomic E-state index is 12.8. The van der Waals surface area contributed by atoms with Crippen molar-refractivity contribution in [2.24, 2.45) is 0 Å². The van der Waals surface area contributed by atoms with Gasteiger partial charge in [-0.15, -0.1) is 0 Å². The Morgan fingerprint density at radius 2 is 1.85 bits per heavy atom. The first-order chi connectivity index (χ1) is 12.4. The fourth-order valence-electron chi connectivity index (χ4n) is 3.46. The third kappa shape index (κ3) is 5.12. The van der Waals surface area contributed by atoms with Crippen LogP contribution >= 0.6 is 0 Å². The van der Waals surface area contributed by atoms with E-state index in [-0.39, 0.29) is 36.4 Å². The van der Waals surface area contributed by atoms with Crippen LogP contribution in [-0.2, 0) is 16.8 Å². The molecule has 8 heteroatoms. The second-order valence-corrected chi connectivity index (χ2v) is 8.48. The molecule has 0 aromatic carbocycles. The topological polar surface area (TPSA) is 54.8 Å². The molecular weight excluding hydrogens is 361 g/mol. The monoisotopic (exact) mass is 388 g/mol. The molecule has 0 amide bonds. The number of piperidine rings is 1. The van der Waals surface area contributed by atoms with Crippen LogP contribution in [0.25, 0.3) is 0 Å². The fraction of sp³-hybridized carbons (Fsp3) is 0.737. The van der Waals surface area contributed by atoms with E-state index in [1.807, 2.05) is 0 Å². The van der Waals surface area contributed by atoms with Gasteiger partial charge in [-0.2, -0.15) is 13.2 Å². The molecule has 0 atom stereocenters. The van der Waals surface area contributed by atoms with E-state index in [1.165, 1.54) is 6.07 Å². The van der Waals surface area contributed by atoms with Gasteiger partial charge < -0.3 is 14.6 Å². The Kier molecular flexibility index (Phi) is 5.44. The molecule has 0 saturated carbocycles. The van der Waals surface area contributed by atoms with E-state index in [9.17, 15) is 18.3 Å². The van der Waals surface area contributed by atoms with Crippen LogP contribution in [0.2, 0.25) is 0 Å². The number of halogens is 3. The number of hydrogen-bond donors (Lipinski definition) is 1. The quantitative estimate of drug-likeness (QED) is 0.859. The first-order valence-corrected chi connectivity index (χ1v) is 9.25. The molecule has 2 aliphatic heterocycles. The number of nitrogens with zero attached hydrogens (tertiary/aromatic N) is 2. The summed E-state index contributed by atoms with van der Waals surface area (Å²) in [5.74, 6) is 0.140. The van der Waals surface area contributed by atoms with Gasteiger partial charge in [0.1, 0.15) is 11.7 Å². The summed E-state index contributed by atoms with van der Waals surface area (Å²) in [7, 11) is 0. The molecule has 1 aromatic heterocycles. The van der Waals surface area contributed by atoms with E-state index in [0.717, 1.165) is 25.9 Å². The maximum atomic E-state index is 12.8. The Bertz CT molecular complexity index is 661. The van der Waals surface area contributed by atoms with Gasteiger partial charge in [-0.3, -0.25) is 4.90 Å². The summed E-state index contributed by atoms with van der Waals surface area (Å²) in [6, 6.07) is 2.84. The van der Waals surface area contributed by atoms with Gasteiger partial charge in [0.25, 0.3) is 0 Å². The van der Waals surface area contributed by atoms with E-state index in [1.54, 1.807) is 6.07 Å². The van der Waals surface area contributed by atoms with Crippen LogP contribution in [0.4, 0.5) is 13.2 Å². The third-order valence-electron chi connectivity index (χ3n) is 5.13. The van der Waals surface area contributed by atoms with Crippen molar-refractivity contribution in [3.05, 3.63) is 23.4 Å². The minimum absolute atomic E-state index is 0.0614. The summed E-state index contributed by atoms with van der Waals surface area (Å²) in [5.41, 5.74) is -0.972. The molecule has 152 valence electrons. The predicted octanol–water partition coefficient (Wildman–Crippen LogP) is 3.05. The van der Waals surface area contributed by atoms with Crippen molar-refractivity contribution in [1.29, 1.82) is 0 Å². The highest BCUT2D eigenvalue weighted by atomic mass is 19.4. The molecule has 2 fully saturated rings. The van der Waals surface area contributed by atoms with Crippen molar-refractivity contribution >= 4 is 0 Å². The number of likely N-dealkylation sites (tertiary alicyclic amines) is 1. The second kappa shape index (κ2) is 7.22. The number of pyridine rings is 1. The first-order valence-electron chi connectivity index (χ1n) is 9.25. The molecule has 2 saturated heterocycles. The Morgan fingerprint density at radius 3 is 2.33 bits per heavy atom. The van der Waals surface area contributed by atoms with Crippen molar-refractivity contribution in [3.63, 3.8) is 0 Å². The summed E-state index contributed by atoms with van der Waals surface area (Å²) < 4.78 is 49.5. The maximum Gasteiger partial charge on any atom is 0.394 e. The van der Waals surface area contributed by atoms with Gasteiger partial charge in [-0.05, 0) is 45.2 Å².